The lowest BCUT2D eigenvalue weighted by atomic mass is 9.86. The van der Waals surface area contributed by atoms with Crippen molar-refractivity contribution in [1.82, 2.24) is 5.32 Å². The van der Waals surface area contributed by atoms with Crippen LogP contribution in [0.4, 0.5) is 0 Å². The van der Waals surface area contributed by atoms with Crippen LogP contribution in [0.25, 0.3) is 0 Å². The predicted molar refractivity (Wildman–Crippen MR) is 85.0 cm³/mol. The van der Waals surface area contributed by atoms with Crippen molar-refractivity contribution < 1.29 is 0 Å². The molecule has 1 heterocycles. The second kappa shape index (κ2) is 5.89. The molecule has 2 rings (SSSR count). The van der Waals surface area contributed by atoms with Crippen LogP contribution in [0.15, 0.2) is 41.8 Å². The van der Waals surface area contributed by atoms with E-state index in [0.29, 0.717) is 6.04 Å². The molecule has 1 atom stereocenters. The molecule has 0 amide bonds. The average Bonchev–Trinajstić information content (AvgIpc) is 2.88. The molecule has 1 aromatic heterocycles. The van der Waals surface area contributed by atoms with E-state index in [-0.39, 0.29) is 5.41 Å². The maximum Gasteiger partial charge on any atom is 0.0366 e. The fraction of sp³-hybridized carbons (Fsp3) is 0.412. The molecule has 0 spiro atoms. The molecule has 102 valence electrons. The SMILES string of the molecule is CNC(Cc1cccs1)c1ccc(C(C)(C)C)cc1. The van der Waals surface area contributed by atoms with Crippen LogP contribution < -0.4 is 5.32 Å². The van der Waals surface area contributed by atoms with Crippen LogP contribution in [0, 0.1) is 0 Å². The third-order valence-corrected chi connectivity index (χ3v) is 4.41. The molecule has 0 bridgehead atoms. The van der Waals surface area contributed by atoms with Crippen molar-refractivity contribution in [3.8, 4) is 0 Å². The molecular formula is C17H23NS. The molecule has 0 saturated heterocycles. The Morgan fingerprint density at radius 2 is 1.79 bits per heavy atom. The number of nitrogens with one attached hydrogen (secondary N) is 1. The van der Waals surface area contributed by atoms with Gasteiger partial charge in [-0.15, -0.1) is 11.3 Å². The van der Waals surface area contributed by atoms with Crippen LogP contribution in [0.2, 0.25) is 0 Å². The summed E-state index contributed by atoms with van der Waals surface area (Å²) < 4.78 is 0. The van der Waals surface area contributed by atoms with Crippen LogP contribution in [0.5, 0.6) is 0 Å². The van der Waals surface area contributed by atoms with Crippen LogP contribution >= 0.6 is 11.3 Å². The smallest absolute Gasteiger partial charge is 0.0366 e. The Bertz CT molecular complexity index is 491. The summed E-state index contributed by atoms with van der Waals surface area (Å²) in [5.74, 6) is 0. The van der Waals surface area contributed by atoms with Gasteiger partial charge in [-0.3, -0.25) is 0 Å². The number of likely N-dealkylation sites (N-methyl/N-ethyl adjacent to an activating group) is 1. The van der Waals surface area contributed by atoms with Crippen molar-refractivity contribution in [2.75, 3.05) is 7.05 Å². The van der Waals surface area contributed by atoms with Crippen LogP contribution in [-0.4, -0.2) is 7.05 Å². The molecule has 1 nitrogen and oxygen atoms in total. The van der Waals surface area contributed by atoms with Gasteiger partial charge in [-0.05, 0) is 35.0 Å². The van der Waals surface area contributed by atoms with E-state index in [1.165, 1.54) is 16.0 Å². The molecule has 0 saturated carbocycles. The van der Waals surface area contributed by atoms with E-state index in [4.69, 9.17) is 0 Å². The largest absolute Gasteiger partial charge is 0.313 e. The molecule has 2 heteroatoms. The highest BCUT2D eigenvalue weighted by Gasteiger charge is 2.15. The Hall–Kier alpha value is -1.12. The summed E-state index contributed by atoms with van der Waals surface area (Å²) in [7, 11) is 2.04. The van der Waals surface area contributed by atoms with Gasteiger partial charge in [0.2, 0.25) is 0 Å². The molecular weight excluding hydrogens is 250 g/mol. The first-order valence-corrected chi connectivity index (χ1v) is 7.69. The topological polar surface area (TPSA) is 12.0 Å². The lowest BCUT2D eigenvalue weighted by molar-refractivity contribution is 0.581. The van der Waals surface area contributed by atoms with Crippen LogP contribution in [-0.2, 0) is 11.8 Å². The lowest BCUT2D eigenvalue weighted by Crippen LogP contribution is -2.19. The van der Waals surface area contributed by atoms with E-state index in [9.17, 15) is 0 Å². The van der Waals surface area contributed by atoms with E-state index in [1.807, 2.05) is 18.4 Å². The predicted octanol–water partition coefficient (Wildman–Crippen LogP) is 4.55. The molecule has 19 heavy (non-hydrogen) atoms. The van der Waals surface area contributed by atoms with Crippen molar-refractivity contribution >= 4 is 11.3 Å². The second-order valence-corrected chi connectivity index (χ2v) is 7.03. The summed E-state index contributed by atoms with van der Waals surface area (Å²) in [5.41, 5.74) is 2.98. The maximum atomic E-state index is 3.42. The Morgan fingerprint density at radius 1 is 1.11 bits per heavy atom. The summed E-state index contributed by atoms with van der Waals surface area (Å²) in [4.78, 5) is 1.43. The fourth-order valence-corrected chi connectivity index (χ4v) is 2.98. The first-order valence-electron chi connectivity index (χ1n) is 6.81. The summed E-state index contributed by atoms with van der Waals surface area (Å²) in [5, 5.41) is 5.57. The molecule has 2 aromatic rings. The van der Waals surface area contributed by atoms with Gasteiger partial charge in [0.05, 0.1) is 0 Å². The quantitative estimate of drug-likeness (QED) is 0.862. The number of hydrogen-bond acceptors (Lipinski definition) is 2. The zero-order valence-corrected chi connectivity index (χ0v) is 13.1. The average molecular weight is 273 g/mol. The summed E-state index contributed by atoms with van der Waals surface area (Å²) >= 11 is 1.83. The summed E-state index contributed by atoms with van der Waals surface area (Å²) in [6.07, 6.45) is 1.06. The van der Waals surface area contributed by atoms with Gasteiger partial charge in [0.1, 0.15) is 0 Å². The van der Waals surface area contributed by atoms with Crippen molar-refractivity contribution in [3.63, 3.8) is 0 Å². The first-order chi connectivity index (χ1) is 9.00. The number of thiophene rings is 1. The van der Waals surface area contributed by atoms with Gasteiger partial charge in [-0.2, -0.15) is 0 Å². The molecule has 0 fully saturated rings. The minimum absolute atomic E-state index is 0.224. The number of benzene rings is 1. The van der Waals surface area contributed by atoms with Gasteiger partial charge < -0.3 is 5.32 Å². The number of rotatable bonds is 4. The molecule has 1 unspecified atom stereocenters. The zero-order chi connectivity index (χ0) is 13.9. The Morgan fingerprint density at radius 3 is 2.26 bits per heavy atom. The van der Waals surface area contributed by atoms with Crippen molar-refractivity contribution in [2.24, 2.45) is 0 Å². The van der Waals surface area contributed by atoms with Gasteiger partial charge in [-0.25, -0.2) is 0 Å². The highest BCUT2D eigenvalue weighted by molar-refractivity contribution is 7.09. The Kier molecular flexibility index (Phi) is 4.43. The third kappa shape index (κ3) is 3.68. The van der Waals surface area contributed by atoms with E-state index >= 15 is 0 Å². The van der Waals surface area contributed by atoms with Gasteiger partial charge in [0, 0.05) is 17.3 Å². The third-order valence-electron chi connectivity index (χ3n) is 3.51. The monoisotopic (exact) mass is 273 g/mol. The molecule has 0 radical (unpaired) electrons. The Balaban J connectivity index is 2.15. The second-order valence-electron chi connectivity index (χ2n) is 6.00. The van der Waals surface area contributed by atoms with Gasteiger partial charge in [0.15, 0.2) is 0 Å². The van der Waals surface area contributed by atoms with Crippen molar-refractivity contribution in [1.29, 1.82) is 0 Å². The molecule has 0 aliphatic heterocycles. The van der Waals surface area contributed by atoms with Crippen LogP contribution in [0.1, 0.15) is 42.8 Å². The minimum atomic E-state index is 0.224. The fourth-order valence-electron chi connectivity index (χ4n) is 2.23. The summed E-state index contributed by atoms with van der Waals surface area (Å²) in [6, 6.07) is 13.8. The van der Waals surface area contributed by atoms with Crippen LogP contribution in [0.3, 0.4) is 0 Å². The molecule has 1 aromatic carbocycles. The number of hydrogen-bond donors (Lipinski definition) is 1. The van der Waals surface area contributed by atoms with E-state index in [1.54, 1.807) is 0 Å². The standard InChI is InChI=1S/C17H23NS/c1-17(2,3)14-9-7-13(8-10-14)16(18-4)12-15-6-5-11-19-15/h5-11,16,18H,12H2,1-4H3. The minimum Gasteiger partial charge on any atom is -0.313 e. The molecule has 0 aliphatic rings. The molecule has 1 N–H and O–H groups in total. The normalized spacial score (nSPS) is 13.5. The van der Waals surface area contributed by atoms with Crippen molar-refractivity contribution in [2.45, 2.75) is 38.6 Å². The first kappa shape index (κ1) is 14.3. The maximum absolute atomic E-state index is 3.42. The van der Waals surface area contributed by atoms with Crippen molar-refractivity contribution in [3.05, 3.63) is 57.8 Å². The van der Waals surface area contributed by atoms with E-state index < -0.39 is 0 Å². The summed E-state index contributed by atoms with van der Waals surface area (Å²) in [6.45, 7) is 6.76. The lowest BCUT2D eigenvalue weighted by Gasteiger charge is -2.21. The Labute approximate surface area is 120 Å². The highest BCUT2D eigenvalue weighted by Crippen LogP contribution is 2.26. The van der Waals surface area contributed by atoms with Gasteiger partial charge >= 0.3 is 0 Å². The zero-order valence-electron chi connectivity index (χ0n) is 12.2. The van der Waals surface area contributed by atoms with Gasteiger partial charge in [0.25, 0.3) is 0 Å². The van der Waals surface area contributed by atoms with E-state index in [2.05, 4.69) is 67.9 Å². The highest BCUT2D eigenvalue weighted by atomic mass is 32.1. The van der Waals surface area contributed by atoms with E-state index in [0.717, 1.165) is 6.42 Å². The molecule has 0 aliphatic carbocycles. The van der Waals surface area contributed by atoms with Gasteiger partial charge in [-0.1, -0.05) is 51.1 Å².